The molecule has 2 atom stereocenters. The summed E-state index contributed by atoms with van der Waals surface area (Å²) in [6.07, 6.45) is 5.02. The Morgan fingerprint density at radius 3 is 3.00 bits per heavy atom. The van der Waals surface area contributed by atoms with Crippen LogP contribution in [-0.2, 0) is 0 Å². The van der Waals surface area contributed by atoms with Gasteiger partial charge in [0.25, 0.3) is 5.22 Å². The van der Waals surface area contributed by atoms with Crippen LogP contribution < -0.4 is 5.73 Å². The number of thioether (sulfide) groups is 1. The van der Waals surface area contributed by atoms with Gasteiger partial charge >= 0.3 is 0 Å². The standard InChI is InChI=1S/C9H16N2O2S/c1-2-3-7(10)8(6-12)14-9-11-4-5-13-9/h4-5,7-8,12H,2-3,6,10H2,1H3. The van der Waals surface area contributed by atoms with Crippen molar-refractivity contribution in [2.75, 3.05) is 6.61 Å². The van der Waals surface area contributed by atoms with E-state index in [1.165, 1.54) is 18.0 Å². The molecule has 0 spiro atoms. The third-order valence-electron chi connectivity index (χ3n) is 1.94. The molecule has 0 amide bonds. The summed E-state index contributed by atoms with van der Waals surface area (Å²) in [7, 11) is 0. The maximum atomic E-state index is 9.15. The summed E-state index contributed by atoms with van der Waals surface area (Å²) >= 11 is 1.39. The van der Waals surface area contributed by atoms with Gasteiger partial charge in [-0.1, -0.05) is 25.1 Å². The van der Waals surface area contributed by atoms with Crippen molar-refractivity contribution in [1.82, 2.24) is 4.98 Å². The molecule has 3 N–H and O–H groups in total. The number of aromatic nitrogens is 1. The molecule has 0 radical (unpaired) electrons. The largest absolute Gasteiger partial charge is 0.440 e. The van der Waals surface area contributed by atoms with E-state index in [9.17, 15) is 0 Å². The van der Waals surface area contributed by atoms with Crippen LogP contribution in [0, 0.1) is 0 Å². The van der Waals surface area contributed by atoms with Crippen LogP contribution in [0.15, 0.2) is 22.1 Å². The fourth-order valence-electron chi connectivity index (χ4n) is 1.18. The normalized spacial score (nSPS) is 15.4. The van der Waals surface area contributed by atoms with Crippen molar-refractivity contribution >= 4 is 11.8 Å². The van der Waals surface area contributed by atoms with E-state index in [4.69, 9.17) is 15.3 Å². The van der Waals surface area contributed by atoms with Gasteiger partial charge in [-0.05, 0) is 6.42 Å². The van der Waals surface area contributed by atoms with Gasteiger partial charge in [-0.3, -0.25) is 0 Å². The first-order valence-electron chi connectivity index (χ1n) is 4.70. The van der Waals surface area contributed by atoms with Gasteiger partial charge in [0.15, 0.2) is 0 Å². The van der Waals surface area contributed by atoms with Gasteiger partial charge in [0.1, 0.15) is 6.26 Å². The lowest BCUT2D eigenvalue weighted by atomic mass is 10.1. The van der Waals surface area contributed by atoms with Gasteiger partial charge in [-0.15, -0.1) is 0 Å². The minimum absolute atomic E-state index is 0.0121. The SMILES string of the molecule is CCCC(N)C(CO)Sc1ncco1. The van der Waals surface area contributed by atoms with Gasteiger partial charge in [0.2, 0.25) is 0 Å². The Labute approximate surface area is 87.9 Å². The van der Waals surface area contributed by atoms with E-state index in [2.05, 4.69) is 11.9 Å². The molecule has 5 heteroatoms. The second-order valence-corrected chi connectivity index (χ2v) is 4.28. The molecule has 0 aliphatic rings. The fraction of sp³-hybridized carbons (Fsp3) is 0.667. The smallest absolute Gasteiger partial charge is 0.255 e. The first-order valence-corrected chi connectivity index (χ1v) is 5.58. The van der Waals surface area contributed by atoms with Crippen LogP contribution in [0.5, 0.6) is 0 Å². The summed E-state index contributed by atoms with van der Waals surface area (Å²) < 4.78 is 5.08. The Balaban J connectivity index is 2.46. The van der Waals surface area contributed by atoms with Crippen LogP contribution in [0.25, 0.3) is 0 Å². The molecule has 1 aromatic rings. The maximum Gasteiger partial charge on any atom is 0.255 e. The van der Waals surface area contributed by atoms with Crippen LogP contribution in [0.4, 0.5) is 0 Å². The monoisotopic (exact) mass is 216 g/mol. The lowest BCUT2D eigenvalue weighted by Crippen LogP contribution is -2.34. The van der Waals surface area contributed by atoms with Crippen LogP contribution >= 0.6 is 11.8 Å². The van der Waals surface area contributed by atoms with Crippen molar-refractivity contribution in [3.8, 4) is 0 Å². The number of hydrogen-bond donors (Lipinski definition) is 2. The highest BCUT2D eigenvalue weighted by Gasteiger charge is 2.19. The van der Waals surface area contributed by atoms with Crippen molar-refractivity contribution < 1.29 is 9.52 Å². The number of nitrogens with zero attached hydrogens (tertiary/aromatic N) is 1. The van der Waals surface area contributed by atoms with Crippen LogP contribution in [0.1, 0.15) is 19.8 Å². The molecule has 0 saturated heterocycles. The summed E-state index contributed by atoms with van der Waals surface area (Å²) in [4.78, 5) is 3.98. The van der Waals surface area contributed by atoms with Crippen LogP contribution in [0.2, 0.25) is 0 Å². The molecule has 4 nitrogen and oxygen atoms in total. The Kier molecular flexibility index (Phi) is 5.00. The molecular formula is C9H16N2O2S. The van der Waals surface area contributed by atoms with Crippen molar-refractivity contribution in [2.45, 2.75) is 36.3 Å². The van der Waals surface area contributed by atoms with Crippen molar-refractivity contribution in [3.63, 3.8) is 0 Å². The third kappa shape index (κ3) is 3.32. The van der Waals surface area contributed by atoms with E-state index < -0.39 is 0 Å². The summed E-state index contributed by atoms with van der Waals surface area (Å²) in [5.41, 5.74) is 5.91. The highest BCUT2D eigenvalue weighted by Crippen LogP contribution is 2.24. The zero-order valence-electron chi connectivity index (χ0n) is 8.22. The molecule has 1 rings (SSSR count). The minimum Gasteiger partial charge on any atom is -0.440 e. The molecule has 0 aliphatic heterocycles. The van der Waals surface area contributed by atoms with Gasteiger partial charge in [0.05, 0.1) is 18.1 Å². The van der Waals surface area contributed by atoms with Gasteiger partial charge in [0, 0.05) is 6.04 Å². The molecule has 14 heavy (non-hydrogen) atoms. The van der Waals surface area contributed by atoms with Crippen LogP contribution in [0.3, 0.4) is 0 Å². The molecule has 1 aromatic heterocycles. The first kappa shape index (κ1) is 11.6. The zero-order chi connectivity index (χ0) is 10.4. The summed E-state index contributed by atoms with van der Waals surface area (Å²) in [6, 6.07) is -0.0121. The van der Waals surface area contributed by atoms with Crippen LogP contribution in [-0.4, -0.2) is 28.0 Å². The van der Waals surface area contributed by atoms with E-state index in [1.54, 1.807) is 6.20 Å². The topological polar surface area (TPSA) is 72.3 Å². The number of oxazole rings is 1. The van der Waals surface area contributed by atoms with E-state index >= 15 is 0 Å². The maximum absolute atomic E-state index is 9.15. The number of nitrogens with two attached hydrogens (primary N) is 1. The van der Waals surface area contributed by atoms with Crippen molar-refractivity contribution in [1.29, 1.82) is 0 Å². The van der Waals surface area contributed by atoms with E-state index in [-0.39, 0.29) is 17.9 Å². The quantitative estimate of drug-likeness (QED) is 0.700. The number of aliphatic hydroxyl groups excluding tert-OH is 1. The first-order chi connectivity index (χ1) is 6.77. The molecule has 2 unspecified atom stereocenters. The highest BCUT2D eigenvalue weighted by atomic mass is 32.2. The Bertz CT molecular complexity index is 241. The predicted molar refractivity (Wildman–Crippen MR) is 56.1 cm³/mol. The van der Waals surface area contributed by atoms with E-state index in [0.29, 0.717) is 5.22 Å². The van der Waals surface area contributed by atoms with E-state index in [1.807, 2.05) is 0 Å². The molecule has 1 heterocycles. The summed E-state index contributed by atoms with van der Waals surface area (Å²) in [5.74, 6) is 0. The molecule has 0 saturated carbocycles. The molecule has 80 valence electrons. The molecule has 0 bridgehead atoms. The third-order valence-corrected chi connectivity index (χ3v) is 3.15. The second-order valence-electron chi connectivity index (χ2n) is 3.09. The number of aliphatic hydroxyl groups is 1. The van der Waals surface area contributed by atoms with Gasteiger partial charge in [-0.2, -0.15) is 0 Å². The lowest BCUT2D eigenvalue weighted by Gasteiger charge is -2.18. The summed E-state index contributed by atoms with van der Waals surface area (Å²) in [5, 5.41) is 9.68. The Morgan fingerprint density at radius 2 is 2.50 bits per heavy atom. The lowest BCUT2D eigenvalue weighted by molar-refractivity contribution is 0.278. The summed E-state index contributed by atoms with van der Waals surface area (Å²) in [6.45, 7) is 2.12. The molecule has 0 aromatic carbocycles. The van der Waals surface area contributed by atoms with E-state index in [0.717, 1.165) is 12.8 Å². The fourth-order valence-corrected chi connectivity index (χ4v) is 2.05. The highest BCUT2D eigenvalue weighted by molar-refractivity contribution is 7.99. The zero-order valence-corrected chi connectivity index (χ0v) is 9.04. The average Bonchev–Trinajstić information content (AvgIpc) is 2.66. The Hall–Kier alpha value is -0.520. The average molecular weight is 216 g/mol. The Morgan fingerprint density at radius 1 is 1.71 bits per heavy atom. The minimum atomic E-state index is -0.0337. The van der Waals surface area contributed by atoms with Gasteiger partial charge in [-0.25, -0.2) is 4.98 Å². The van der Waals surface area contributed by atoms with Crippen molar-refractivity contribution in [3.05, 3.63) is 12.5 Å². The molecule has 0 fully saturated rings. The molecule has 0 aliphatic carbocycles. The number of hydrogen-bond acceptors (Lipinski definition) is 5. The predicted octanol–water partition coefficient (Wildman–Crippen LogP) is 1.25. The number of rotatable bonds is 6. The van der Waals surface area contributed by atoms with Crippen molar-refractivity contribution in [2.24, 2.45) is 5.73 Å². The molecular weight excluding hydrogens is 200 g/mol. The second kappa shape index (κ2) is 6.06. The van der Waals surface area contributed by atoms with Gasteiger partial charge < -0.3 is 15.3 Å².